The molecule has 0 radical (unpaired) electrons. The zero-order valence-corrected chi connectivity index (χ0v) is 16.0. The van der Waals surface area contributed by atoms with Gasteiger partial charge in [-0.3, -0.25) is 4.79 Å². The van der Waals surface area contributed by atoms with Gasteiger partial charge in [0, 0.05) is 30.8 Å². The largest absolute Gasteiger partial charge is 0.469 e. The smallest absolute Gasteiger partial charge is 0.251 e. The Morgan fingerprint density at radius 2 is 2.14 bits per heavy atom. The van der Waals surface area contributed by atoms with Crippen LogP contribution >= 0.6 is 11.6 Å². The van der Waals surface area contributed by atoms with Crippen LogP contribution in [0.25, 0.3) is 0 Å². The van der Waals surface area contributed by atoms with Crippen LogP contribution in [0.4, 0.5) is 0 Å². The molecule has 0 saturated carbocycles. The molecule has 2 aromatic rings. The first-order chi connectivity index (χ1) is 13.6. The number of hydrogen-bond acceptors (Lipinski definition) is 6. The molecular formula is C20H22ClN3O4. The van der Waals surface area contributed by atoms with Crippen molar-refractivity contribution < 1.29 is 19.4 Å². The molecule has 0 unspecified atom stereocenters. The minimum atomic E-state index is -0.711. The van der Waals surface area contributed by atoms with E-state index in [1.807, 2.05) is 12.1 Å². The number of hydrogen-bond donors (Lipinski definition) is 3. The number of carbonyl (C=O) groups excluding carboxylic acids is 1. The molecule has 4 rings (SSSR count). The highest BCUT2D eigenvalue weighted by Gasteiger charge is 2.25. The molecule has 0 aliphatic carbocycles. The van der Waals surface area contributed by atoms with Gasteiger partial charge in [0.05, 0.1) is 19.3 Å². The first-order valence-corrected chi connectivity index (χ1v) is 9.64. The van der Waals surface area contributed by atoms with Gasteiger partial charge in [0.25, 0.3) is 5.91 Å². The van der Waals surface area contributed by atoms with Crippen molar-refractivity contribution in [3.05, 3.63) is 58.2 Å². The Morgan fingerprint density at radius 1 is 1.36 bits per heavy atom. The summed E-state index contributed by atoms with van der Waals surface area (Å²) in [6, 6.07) is 11.1. The van der Waals surface area contributed by atoms with Gasteiger partial charge in [0.1, 0.15) is 11.3 Å². The van der Waals surface area contributed by atoms with Crippen LogP contribution < -0.4 is 15.4 Å². The Bertz CT molecular complexity index is 859. The number of carbonyl (C=O) groups is 1. The summed E-state index contributed by atoms with van der Waals surface area (Å²) < 4.78 is 10.7. The lowest BCUT2D eigenvalue weighted by atomic mass is 9.93. The number of halogens is 1. The van der Waals surface area contributed by atoms with Crippen LogP contribution in [0.2, 0.25) is 5.15 Å². The van der Waals surface area contributed by atoms with E-state index in [0.29, 0.717) is 25.3 Å². The molecule has 7 nitrogen and oxygen atoms in total. The van der Waals surface area contributed by atoms with Gasteiger partial charge in [-0.15, -0.1) is 0 Å². The number of ether oxygens (including phenoxy) is 2. The summed E-state index contributed by atoms with van der Waals surface area (Å²) in [6.45, 7) is 1.83. The van der Waals surface area contributed by atoms with E-state index < -0.39 is 6.10 Å². The molecule has 1 amide bonds. The average Bonchev–Trinajstić information content (AvgIpc) is 2.68. The second kappa shape index (κ2) is 8.45. The SMILES string of the molecule is O=C(NC[C@@H](O)[C@@H]1Cc2ccccc2CN1)c1cc(Cl)nc(OC2COC2)c1. The van der Waals surface area contributed by atoms with Crippen LogP contribution in [0.3, 0.4) is 0 Å². The van der Waals surface area contributed by atoms with Crippen molar-refractivity contribution >= 4 is 17.5 Å². The fourth-order valence-corrected chi connectivity index (χ4v) is 3.51. The predicted octanol–water partition coefficient (Wildman–Crippen LogP) is 1.32. The Labute approximate surface area is 168 Å². The summed E-state index contributed by atoms with van der Waals surface area (Å²) in [4.78, 5) is 16.6. The molecule has 2 aliphatic rings. The summed E-state index contributed by atoms with van der Waals surface area (Å²) in [5.74, 6) is -0.0497. The van der Waals surface area contributed by atoms with Crippen LogP contribution in [-0.4, -0.2) is 54.0 Å². The number of benzene rings is 1. The van der Waals surface area contributed by atoms with Crippen LogP contribution in [0, 0.1) is 0 Å². The fraction of sp³-hybridized carbons (Fsp3) is 0.400. The molecule has 2 atom stereocenters. The number of aliphatic hydroxyl groups is 1. The summed E-state index contributed by atoms with van der Waals surface area (Å²) in [7, 11) is 0. The van der Waals surface area contributed by atoms with E-state index in [4.69, 9.17) is 21.1 Å². The summed E-state index contributed by atoms with van der Waals surface area (Å²) in [6.07, 6.45) is -0.0585. The van der Waals surface area contributed by atoms with Crippen LogP contribution in [0.15, 0.2) is 36.4 Å². The maximum absolute atomic E-state index is 12.5. The zero-order chi connectivity index (χ0) is 19.5. The summed E-state index contributed by atoms with van der Waals surface area (Å²) >= 11 is 6.01. The van der Waals surface area contributed by atoms with E-state index in [-0.39, 0.29) is 35.6 Å². The van der Waals surface area contributed by atoms with Crippen LogP contribution in [-0.2, 0) is 17.7 Å². The molecule has 1 aromatic carbocycles. The lowest BCUT2D eigenvalue weighted by Gasteiger charge is -2.30. The van der Waals surface area contributed by atoms with E-state index in [9.17, 15) is 9.90 Å². The highest BCUT2D eigenvalue weighted by molar-refractivity contribution is 6.29. The first kappa shape index (κ1) is 19.1. The first-order valence-electron chi connectivity index (χ1n) is 9.27. The fourth-order valence-electron chi connectivity index (χ4n) is 3.31. The summed E-state index contributed by atoms with van der Waals surface area (Å²) in [5, 5.41) is 16.8. The van der Waals surface area contributed by atoms with E-state index in [1.165, 1.54) is 17.2 Å². The lowest BCUT2D eigenvalue weighted by Crippen LogP contribution is -2.49. The van der Waals surface area contributed by atoms with Gasteiger partial charge in [-0.25, -0.2) is 4.98 Å². The molecule has 3 heterocycles. The van der Waals surface area contributed by atoms with E-state index in [1.54, 1.807) is 6.07 Å². The Balaban J connectivity index is 1.34. The third kappa shape index (κ3) is 4.44. The average molecular weight is 404 g/mol. The highest BCUT2D eigenvalue weighted by Crippen LogP contribution is 2.20. The Kier molecular flexibility index (Phi) is 5.77. The molecule has 148 valence electrons. The van der Waals surface area contributed by atoms with Crippen LogP contribution in [0.5, 0.6) is 5.88 Å². The van der Waals surface area contributed by atoms with Gasteiger partial charge in [-0.1, -0.05) is 35.9 Å². The third-order valence-corrected chi connectivity index (χ3v) is 5.17. The third-order valence-electron chi connectivity index (χ3n) is 4.98. The van der Waals surface area contributed by atoms with Crippen molar-refractivity contribution in [2.24, 2.45) is 0 Å². The lowest BCUT2D eigenvalue weighted by molar-refractivity contribution is -0.0813. The maximum Gasteiger partial charge on any atom is 0.251 e. The Morgan fingerprint density at radius 3 is 2.89 bits per heavy atom. The minimum Gasteiger partial charge on any atom is -0.469 e. The Hall–Kier alpha value is -2.19. The number of rotatable bonds is 6. The van der Waals surface area contributed by atoms with Crippen molar-refractivity contribution in [3.63, 3.8) is 0 Å². The van der Waals surface area contributed by atoms with Gasteiger partial charge in [-0.2, -0.15) is 0 Å². The molecule has 8 heteroatoms. The molecule has 1 aromatic heterocycles. The van der Waals surface area contributed by atoms with Gasteiger partial charge in [0.2, 0.25) is 5.88 Å². The maximum atomic E-state index is 12.5. The van der Waals surface area contributed by atoms with Crippen molar-refractivity contribution in [3.8, 4) is 5.88 Å². The molecule has 28 heavy (non-hydrogen) atoms. The molecule has 3 N–H and O–H groups in total. The standard InChI is InChI=1S/C20H22ClN3O4/c21-18-6-14(7-19(24-18)28-15-10-27-11-15)20(26)23-9-17(25)16-5-12-3-1-2-4-13(12)8-22-16/h1-4,6-7,15-17,22,25H,5,8-11H2,(H,23,26)/t16-,17+/m0/s1. The number of pyridine rings is 1. The topological polar surface area (TPSA) is 92.7 Å². The number of aliphatic hydroxyl groups excluding tert-OH is 1. The number of fused-ring (bicyclic) bond motifs is 1. The number of aromatic nitrogens is 1. The van der Waals surface area contributed by atoms with Gasteiger partial charge in [0.15, 0.2) is 0 Å². The van der Waals surface area contributed by atoms with Crippen molar-refractivity contribution in [2.45, 2.75) is 31.2 Å². The monoisotopic (exact) mass is 403 g/mol. The van der Waals surface area contributed by atoms with Crippen molar-refractivity contribution in [1.29, 1.82) is 0 Å². The second-order valence-corrected chi connectivity index (χ2v) is 7.42. The normalized spacial score (nSPS) is 20.0. The molecular weight excluding hydrogens is 382 g/mol. The molecule has 0 bridgehead atoms. The second-order valence-electron chi connectivity index (χ2n) is 7.03. The predicted molar refractivity (Wildman–Crippen MR) is 104 cm³/mol. The molecule has 2 aliphatic heterocycles. The minimum absolute atomic E-state index is 0.0658. The van der Waals surface area contributed by atoms with Crippen LogP contribution in [0.1, 0.15) is 21.5 Å². The molecule has 1 fully saturated rings. The quantitative estimate of drug-likeness (QED) is 0.630. The highest BCUT2D eigenvalue weighted by atomic mass is 35.5. The number of amides is 1. The van der Waals surface area contributed by atoms with E-state index in [2.05, 4.69) is 27.8 Å². The van der Waals surface area contributed by atoms with E-state index >= 15 is 0 Å². The molecule has 0 spiro atoms. The van der Waals surface area contributed by atoms with Crippen molar-refractivity contribution in [1.82, 2.24) is 15.6 Å². The number of nitrogens with one attached hydrogen (secondary N) is 2. The van der Waals surface area contributed by atoms with Gasteiger partial charge >= 0.3 is 0 Å². The summed E-state index contributed by atoms with van der Waals surface area (Å²) in [5.41, 5.74) is 2.80. The van der Waals surface area contributed by atoms with E-state index in [0.717, 1.165) is 6.42 Å². The molecule has 1 saturated heterocycles. The van der Waals surface area contributed by atoms with Crippen molar-refractivity contribution in [2.75, 3.05) is 19.8 Å². The number of nitrogens with zero attached hydrogens (tertiary/aromatic N) is 1. The zero-order valence-electron chi connectivity index (χ0n) is 15.2. The van der Waals surface area contributed by atoms with Gasteiger partial charge < -0.3 is 25.2 Å². The van der Waals surface area contributed by atoms with Gasteiger partial charge in [-0.05, 0) is 23.6 Å².